The number of ether oxygens (including phenoxy) is 1. The Bertz CT molecular complexity index is 444. The molecule has 1 fully saturated rings. The summed E-state index contributed by atoms with van der Waals surface area (Å²) >= 11 is 0. The number of hydrogen-bond acceptors (Lipinski definition) is 5. The highest BCUT2D eigenvalue weighted by molar-refractivity contribution is 5.92. The fourth-order valence-corrected chi connectivity index (χ4v) is 2.06. The highest BCUT2D eigenvalue weighted by atomic mass is 16.5. The van der Waals surface area contributed by atoms with E-state index in [1.807, 2.05) is 20.8 Å². The summed E-state index contributed by atoms with van der Waals surface area (Å²) < 4.78 is 5.59. The molecule has 104 valence electrons. The third-order valence-electron chi connectivity index (χ3n) is 2.94. The molecule has 0 aliphatic carbocycles. The Morgan fingerprint density at radius 3 is 2.84 bits per heavy atom. The number of nitrogens with zero attached hydrogens (tertiary/aromatic N) is 3. The van der Waals surface area contributed by atoms with Crippen molar-refractivity contribution in [3.05, 3.63) is 18.1 Å². The predicted molar refractivity (Wildman–Crippen MR) is 72.1 cm³/mol. The predicted octanol–water partition coefficient (Wildman–Crippen LogP) is 1.16. The lowest BCUT2D eigenvalue weighted by atomic mass is 10.1. The molecule has 6 heteroatoms. The van der Waals surface area contributed by atoms with Gasteiger partial charge in [0.1, 0.15) is 11.5 Å². The number of aromatic nitrogens is 2. The maximum atomic E-state index is 12.3. The van der Waals surface area contributed by atoms with Crippen molar-refractivity contribution in [1.82, 2.24) is 14.9 Å². The summed E-state index contributed by atoms with van der Waals surface area (Å²) in [6, 6.07) is 0. The largest absolute Gasteiger partial charge is 0.372 e. The first kappa shape index (κ1) is 13.7. The van der Waals surface area contributed by atoms with E-state index in [0.717, 1.165) is 6.54 Å². The second-order valence-electron chi connectivity index (χ2n) is 5.15. The van der Waals surface area contributed by atoms with Gasteiger partial charge in [-0.3, -0.25) is 4.79 Å². The standard InChI is InChI=1S/C13H20N4O2/c1-4-14-11-8-15-10(7-16-11)12(18)17-5-6-19-13(2,3)9-17/h7-8H,4-6,9H2,1-3H3,(H,14,16). The minimum atomic E-state index is -0.301. The maximum Gasteiger partial charge on any atom is 0.274 e. The molecule has 1 aliphatic heterocycles. The fourth-order valence-electron chi connectivity index (χ4n) is 2.06. The van der Waals surface area contributed by atoms with Crippen LogP contribution in [0.4, 0.5) is 5.82 Å². The molecule has 6 nitrogen and oxygen atoms in total. The molecule has 2 rings (SSSR count). The molecule has 0 radical (unpaired) electrons. The van der Waals surface area contributed by atoms with Crippen molar-refractivity contribution in [2.75, 3.05) is 31.6 Å². The molecule has 0 bridgehead atoms. The minimum Gasteiger partial charge on any atom is -0.372 e. The first-order chi connectivity index (χ1) is 9.02. The van der Waals surface area contributed by atoms with Gasteiger partial charge in [0.05, 0.1) is 24.6 Å². The zero-order valence-corrected chi connectivity index (χ0v) is 11.6. The molecule has 1 aromatic rings. The van der Waals surface area contributed by atoms with Gasteiger partial charge in [-0.2, -0.15) is 0 Å². The Morgan fingerprint density at radius 1 is 1.47 bits per heavy atom. The van der Waals surface area contributed by atoms with Crippen LogP contribution in [0.5, 0.6) is 0 Å². The Balaban J connectivity index is 2.06. The highest BCUT2D eigenvalue weighted by Gasteiger charge is 2.30. The van der Waals surface area contributed by atoms with Gasteiger partial charge in [-0.05, 0) is 20.8 Å². The van der Waals surface area contributed by atoms with Gasteiger partial charge >= 0.3 is 0 Å². The quantitative estimate of drug-likeness (QED) is 0.887. The Morgan fingerprint density at radius 2 is 2.26 bits per heavy atom. The van der Waals surface area contributed by atoms with Crippen LogP contribution in [0, 0.1) is 0 Å². The number of carbonyl (C=O) groups is 1. The summed E-state index contributed by atoms with van der Waals surface area (Å²) in [4.78, 5) is 22.4. The summed E-state index contributed by atoms with van der Waals surface area (Å²) in [5.74, 6) is 0.591. The van der Waals surface area contributed by atoms with E-state index in [-0.39, 0.29) is 11.5 Å². The van der Waals surface area contributed by atoms with Crippen molar-refractivity contribution in [3.63, 3.8) is 0 Å². The van der Waals surface area contributed by atoms with Gasteiger partial charge in [-0.1, -0.05) is 0 Å². The molecule has 1 aliphatic rings. The van der Waals surface area contributed by atoms with Crippen molar-refractivity contribution in [2.45, 2.75) is 26.4 Å². The van der Waals surface area contributed by atoms with E-state index in [9.17, 15) is 4.79 Å². The van der Waals surface area contributed by atoms with Gasteiger partial charge in [0, 0.05) is 19.6 Å². The summed E-state index contributed by atoms with van der Waals surface area (Å²) in [6.07, 6.45) is 3.10. The Hall–Kier alpha value is -1.69. The van der Waals surface area contributed by atoms with E-state index in [1.54, 1.807) is 11.1 Å². The van der Waals surface area contributed by atoms with Crippen LogP contribution >= 0.6 is 0 Å². The van der Waals surface area contributed by atoms with Gasteiger partial charge in [0.15, 0.2) is 0 Å². The Labute approximate surface area is 113 Å². The third kappa shape index (κ3) is 3.41. The molecule has 0 saturated carbocycles. The lowest BCUT2D eigenvalue weighted by Crippen LogP contribution is -2.50. The van der Waals surface area contributed by atoms with E-state index in [4.69, 9.17) is 4.74 Å². The number of rotatable bonds is 3. The molecule has 1 aromatic heterocycles. The fraction of sp³-hybridized carbons (Fsp3) is 0.615. The van der Waals surface area contributed by atoms with Crippen molar-refractivity contribution in [3.8, 4) is 0 Å². The zero-order valence-electron chi connectivity index (χ0n) is 11.6. The van der Waals surface area contributed by atoms with Gasteiger partial charge in [0.25, 0.3) is 5.91 Å². The van der Waals surface area contributed by atoms with Crippen LogP contribution < -0.4 is 5.32 Å². The minimum absolute atomic E-state index is 0.0908. The van der Waals surface area contributed by atoms with Crippen LogP contribution in [0.1, 0.15) is 31.3 Å². The lowest BCUT2D eigenvalue weighted by Gasteiger charge is -2.37. The van der Waals surface area contributed by atoms with Crippen LogP contribution in [-0.2, 0) is 4.74 Å². The molecule has 2 heterocycles. The molecule has 0 unspecified atom stereocenters. The van der Waals surface area contributed by atoms with Crippen LogP contribution in [0.3, 0.4) is 0 Å². The number of anilines is 1. The average molecular weight is 264 g/mol. The van der Waals surface area contributed by atoms with E-state index in [1.165, 1.54) is 6.20 Å². The lowest BCUT2D eigenvalue weighted by molar-refractivity contribution is -0.0765. The SMILES string of the molecule is CCNc1cnc(C(=O)N2CCOC(C)(C)C2)cn1. The van der Waals surface area contributed by atoms with E-state index < -0.39 is 0 Å². The van der Waals surface area contributed by atoms with Crippen LogP contribution in [-0.4, -0.2) is 52.6 Å². The monoisotopic (exact) mass is 264 g/mol. The van der Waals surface area contributed by atoms with Crippen LogP contribution in [0.2, 0.25) is 0 Å². The van der Waals surface area contributed by atoms with E-state index >= 15 is 0 Å². The number of carbonyl (C=O) groups excluding carboxylic acids is 1. The van der Waals surface area contributed by atoms with Crippen LogP contribution in [0.15, 0.2) is 12.4 Å². The van der Waals surface area contributed by atoms with Crippen molar-refractivity contribution < 1.29 is 9.53 Å². The van der Waals surface area contributed by atoms with Gasteiger partial charge in [-0.15, -0.1) is 0 Å². The Kier molecular flexibility index (Phi) is 3.99. The molecule has 0 spiro atoms. The summed E-state index contributed by atoms with van der Waals surface area (Å²) in [6.45, 7) is 8.44. The highest BCUT2D eigenvalue weighted by Crippen LogP contribution is 2.17. The van der Waals surface area contributed by atoms with E-state index in [0.29, 0.717) is 31.2 Å². The van der Waals surface area contributed by atoms with Gasteiger partial charge < -0.3 is 15.0 Å². The molecular weight excluding hydrogens is 244 g/mol. The van der Waals surface area contributed by atoms with Gasteiger partial charge in [0.2, 0.25) is 0 Å². The second-order valence-corrected chi connectivity index (χ2v) is 5.15. The van der Waals surface area contributed by atoms with Crippen LogP contribution in [0.25, 0.3) is 0 Å². The molecule has 1 amide bonds. The number of morpholine rings is 1. The van der Waals surface area contributed by atoms with Crippen molar-refractivity contribution in [2.24, 2.45) is 0 Å². The van der Waals surface area contributed by atoms with E-state index in [2.05, 4.69) is 15.3 Å². The smallest absolute Gasteiger partial charge is 0.274 e. The molecule has 1 saturated heterocycles. The van der Waals surface area contributed by atoms with Crippen molar-refractivity contribution in [1.29, 1.82) is 0 Å². The molecular formula is C13H20N4O2. The zero-order chi connectivity index (χ0) is 13.9. The normalized spacial score (nSPS) is 18.2. The first-order valence-corrected chi connectivity index (χ1v) is 6.51. The summed E-state index contributed by atoms with van der Waals surface area (Å²) in [7, 11) is 0. The van der Waals surface area contributed by atoms with Gasteiger partial charge in [-0.25, -0.2) is 9.97 Å². The molecule has 1 N–H and O–H groups in total. The molecule has 0 aromatic carbocycles. The number of hydrogen-bond donors (Lipinski definition) is 1. The first-order valence-electron chi connectivity index (χ1n) is 6.51. The van der Waals surface area contributed by atoms with Crippen molar-refractivity contribution >= 4 is 11.7 Å². The summed E-state index contributed by atoms with van der Waals surface area (Å²) in [5, 5.41) is 3.05. The summed E-state index contributed by atoms with van der Waals surface area (Å²) in [5.41, 5.74) is 0.0739. The third-order valence-corrected chi connectivity index (χ3v) is 2.94. The number of nitrogens with one attached hydrogen (secondary N) is 1. The second kappa shape index (κ2) is 5.52. The maximum absolute atomic E-state index is 12.3. The topological polar surface area (TPSA) is 67.4 Å². The molecule has 0 atom stereocenters. The number of amides is 1. The molecule has 19 heavy (non-hydrogen) atoms. The average Bonchev–Trinajstić information content (AvgIpc) is 2.38.